The summed E-state index contributed by atoms with van der Waals surface area (Å²) >= 11 is 0. The second kappa shape index (κ2) is 14.2. The topological polar surface area (TPSA) is 324 Å². The van der Waals surface area contributed by atoms with Crippen LogP contribution in [0.3, 0.4) is 0 Å². The van der Waals surface area contributed by atoms with Gasteiger partial charge in [-0.25, -0.2) is 19.1 Å². The fourth-order valence-corrected chi connectivity index (χ4v) is 8.66. The lowest BCUT2D eigenvalue weighted by Gasteiger charge is -2.40. The summed E-state index contributed by atoms with van der Waals surface area (Å²) in [5, 5.41) is 52.4. The molecule has 0 aliphatic carbocycles. The van der Waals surface area contributed by atoms with Crippen LogP contribution in [0, 0.1) is 0 Å². The molecule has 0 spiro atoms. The van der Waals surface area contributed by atoms with E-state index < -0.39 is 83.1 Å². The van der Waals surface area contributed by atoms with E-state index >= 15 is 0 Å². The van der Waals surface area contributed by atoms with Gasteiger partial charge in [-0.2, -0.15) is 9.29 Å². The van der Waals surface area contributed by atoms with Crippen LogP contribution in [0.4, 0.5) is 5.95 Å². The summed E-state index contributed by atoms with van der Waals surface area (Å²) in [5.74, 6) is -0.290. The number of pyridine rings is 1. The Morgan fingerprint density at radius 3 is 2.43 bits per heavy atom. The van der Waals surface area contributed by atoms with E-state index in [1.54, 1.807) is 24.4 Å². The number of rotatable bonds is 12. The normalized spacial score (nSPS) is 32.7. The van der Waals surface area contributed by atoms with Crippen molar-refractivity contribution in [2.75, 3.05) is 18.1 Å². The van der Waals surface area contributed by atoms with Gasteiger partial charge in [0.15, 0.2) is 23.7 Å². The zero-order valence-corrected chi connectivity index (χ0v) is 26.4. The number of anilines is 1. The summed E-state index contributed by atoms with van der Waals surface area (Å²) in [5.41, 5.74) is 4.61. The second-order valence-corrected chi connectivity index (χ2v) is 15.1. The van der Waals surface area contributed by atoms with Crippen LogP contribution in [0.5, 0.6) is 0 Å². The van der Waals surface area contributed by atoms with E-state index in [2.05, 4.69) is 24.2 Å². The summed E-state index contributed by atoms with van der Waals surface area (Å²) < 4.78 is 50.7. The van der Waals surface area contributed by atoms with Crippen molar-refractivity contribution < 1.29 is 67.3 Å². The molecule has 0 amide bonds. The van der Waals surface area contributed by atoms with E-state index in [1.807, 2.05) is 0 Å². The van der Waals surface area contributed by atoms with Gasteiger partial charge in [-0.05, 0) is 22.9 Å². The second-order valence-electron chi connectivity index (χ2n) is 9.79. The Labute approximate surface area is 265 Å². The molecule has 10 N–H and O–H groups in total. The smallest absolute Gasteiger partial charge is 0.388 e. The Balaban J connectivity index is 1.17. The van der Waals surface area contributed by atoms with Gasteiger partial charge < -0.3 is 50.5 Å². The van der Waals surface area contributed by atoms with Gasteiger partial charge >= 0.3 is 15.6 Å². The molecule has 0 bridgehead atoms. The maximum Gasteiger partial charge on any atom is 0.483 e. The number of H-pyrrole nitrogens is 1. The zero-order chi connectivity index (χ0) is 33.4. The molecular formula is C21H28N6O15P2S2. The number of nitrogen functional groups attached to an aromatic ring is 1. The van der Waals surface area contributed by atoms with E-state index in [-0.39, 0.29) is 22.9 Å². The van der Waals surface area contributed by atoms with Crippen LogP contribution in [-0.4, -0.2) is 121 Å². The van der Waals surface area contributed by atoms with E-state index in [4.69, 9.17) is 24.3 Å². The Morgan fingerprint density at radius 1 is 0.978 bits per heavy atom. The first-order valence-corrected chi connectivity index (χ1v) is 18.3. The number of phosphoric acid groups is 2. The average Bonchev–Trinajstić information content (AvgIpc) is 3.53. The van der Waals surface area contributed by atoms with Crippen molar-refractivity contribution in [2.24, 2.45) is 0 Å². The highest BCUT2D eigenvalue weighted by Gasteiger charge is 2.50. The van der Waals surface area contributed by atoms with Gasteiger partial charge in [0.2, 0.25) is 5.95 Å². The number of nitrogens with zero attached hydrogens (tertiary/aromatic N) is 4. The molecule has 21 nitrogen and oxygen atoms in total. The lowest BCUT2D eigenvalue weighted by Crippen LogP contribution is -2.58. The maximum atomic E-state index is 12.6. The number of imidazole rings is 1. The minimum atomic E-state index is -5.60. The van der Waals surface area contributed by atoms with Crippen LogP contribution < -0.4 is 11.3 Å². The standard InChI is InChI=1S/C21H28N6O15P2S2/c22-21-25-17-11(18(33)26-21)24-7-27(17)19-15(31)12(28)8(39-19)5-38-43(34,35)42-44(36,37)41-20-16(32)14(30)13(29)9(40-20)6-45-46-10-3-1-2-4-23-10/h1-4,7-9,12-16,19-20,28-32H,5-6H2,(H,34,35)(H,36,37)(H3,22,25,26,33). The molecule has 5 rings (SSSR count). The molecule has 0 aromatic carbocycles. The van der Waals surface area contributed by atoms with Crippen molar-refractivity contribution in [3.63, 3.8) is 0 Å². The predicted molar refractivity (Wildman–Crippen MR) is 155 cm³/mol. The molecule has 3 aromatic rings. The van der Waals surface area contributed by atoms with Crippen LogP contribution in [0.15, 0.2) is 40.5 Å². The van der Waals surface area contributed by atoms with Gasteiger partial charge in [-0.1, -0.05) is 16.9 Å². The molecule has 254 valence electrons. The van der Waals surface area contributed by atoms with Gasteiger partial charge in [0, 0.05) is 11.9 Å². The van der Waals surface area contributed by atoms with Crippen LogP contribution in [-0.2, 0) is 32.0 Å². The van der Waals surface area contributed by atoms with Crippen LogP contribution in [0.25, 0.3) is 11.2 Å². The van der Waals surface area contributed by atoms with Gasteiger partial charge in [-0.15, -0.1) is 0 Å². The summed E-state index contributed by atoms with van der Waals surface area (Å²) in [6.45, 7) is -0.980. The van der Waals surface area contributed by atoms with Crippen molar-refractivity contribution in [3.05, 3.63) is 41.1 Å². The number of fused-ring (bicyclic) bond motifs is 1. The lowest BCUT2D eigenvalue weighted by atomic mass is 10.0. The molecule has 2 fully saturated rings. The number of hydrogen-bond donors (Lipinski definition) is 9. The maximum absolute atomic E-state index is 12.6. The summed E-state index contributed by atoms with van der Waals surface area (Å²) in [6, 6.07) is 5.18. The molecule has 46 heavy (non-hydrogen) atoms. The van der Waals surface area contributed by atoms with Gasteiger partial charge in [0.25, 0.3) is 5.56 Å². The number of nitrogens with one attached hydrogen (secondary N) is 1. The van der Waals surface area contributed by atoms with Crippen molar-refractivity contribution >= 4 is 54.3 Å². The Hall–Kier alpha value is -2.02. The number of ether oxygens (including phenoxy) is 2. The van der Waals surface area contributed by atoms with Crippen molar-refractivity contribution in [2.45, 2.75) is 60.3 Å². The van der Waals surface area contributed by atoms with Gasteiger partial charge in [0.05, 0.1) is 19.0 Å². The van der Waals surface area contributed by atoms with Crippen LogP contribution in [0.2, 0.25) is 0 Å². The Morgan fingerprint density at radius 2 is 1.72 bits per heavy atom. The number of nitrogens with two attached hydrogens (primary N) is 1. The van der Waals surface area contributed by atoms with Crippen molar-refractivity contribution in [3.8, 4) is 0 Å². The predicted octanol–water partition coefficient (Wildman–Crippen LogP) is -1.79. The highest BCUT2D eigenvalue weighted by Crippen LogP contribution is 2.61. The SMILES string of the molecule is Nc1nc2c(ncn2C2OC(COP(=O)(O)OP(=O)(O)OC3OC(CSSc4ccccn4)C(O)C(O)C3O)C(O)C2O)c(=O)[nH]1. The highest BCUT2D eigenvalue weighted by atomic mass is 33.1. The van der Waals surface area contributed by atoms with Gasteiger partial charge in [0.1, 0.15) is 41.6 Å². The van der Waals surface area contributed by atoms with Gasteiger partial charge in [-0.3, -0.25) is 23.4 Å². The monoisotopic (exact) mass is 730 g/mol. The number of hydrogen-bond acceptors (Lipinski definition) is 19. The molecule has 3 aromatic heterocycles. The Bertz CT molecular complexity index is 1670. The highest BCUT2D eigenvalue weighted by molar-refractivity contribution is 8.76. The van der Waals surface area contributed by atoms with E-state index in [9.17, 15) is 49.2 Å². The fraction of sp³-hybridized carbons (Fsp3) is 0.524. The summed E-state index contributed by atoms with van der Waals surface area (Å²) in [7, 11) is -8.75. The number of phosphoric ester groups is 2. The Kier molecular flexibility index (Phi) is 10.9. The first-order chi connectivity index (χ1) is 21.7. The quantitative estimate of drug-likeness (QED) is 0.0734. The van der Waals surface area contributed by atoms with Crippen LogP contribution in [0.1, 0.15) is 6.23 Å². The molecule has 25 heteroatoms. The molecule has 2 aliphatic rings. The van der Waals surface area contributed by atoms with E-state index in [1.165, 1.54) is 10.8 Å². The molecule has 2 saturated heterocycles. The first-order valence-electron chi connectivity index (χ1n) is 13.0. The van der Waals surface area contributed by atoms with Crippen molar-refractivity contribution in [1.29, 1.82) is 0 Å². The number of aromatic amines is 1. The molecular weight excluding hydrogens is 702 g/mol. The molecule has 5 heterocycles. The zero-order valence-electron chi connectivity index (χ0n) is 23.0. The lowest BCUT2D eigenvalue weighted by molar-refractivity contribution is -0.270. The largest absolute Gasteiger partial charge is 0.483 e. The minimum absolute atomic E-state index is 0.0182. The van der Waals surface area contributed by atoms with Crippen molar-refractivity contribution in [1.82, 2.24) is 24.5 Å². The summed E-state index contributed by atoms with van der Waals surface area (Å²) in [4.78, 5) is 46.4. The third-order valence-electron chi connectivity index (χ3n) is 6.59. The molecule has 11 unspecified atom stereocenters. The molecule has 11 atom stereocenters. The average molecular weight is 731 g/mol. The number of aliphatic hydroxyl groups excluding tert-OH is 5. The summed E-state index contributed by atoms with van der Waals surface area (Å²) in [6.07, 6.45) is -12.7. The first kappa shape index (κ1) is 35.3. The molecule has 2 aliphatic heterocycles. The third kappa shape index (κ3) is 7.98. The number of aromatic nitrogens is 5. The molecule has 0 radical (unpaired) electrons. The van der Waals surface area contributed by atoms with E-state index in [0.29, 0.717) is 5.03 Å². The molecule has 0 saturated carbocycles. The third-order valence-corrected chi connectivity index (χ3v) is 11.5. The minimum Gasteiger partial charge on any atom is -0.388 e. The van der Waals surface area contributed by atoms with Crippen LogP contribution >= 0.6 is 37.2 Å². The number of aliphatic hydroxyl groups is 5. The van der Waals surface area contributed by atoms with E-state index in [0.717, 1.165) is 21.7 Å². The fourth-order valence-electron chi connectivity index (χ4n) is 4.40.